The fraction of sp³-hybridized carbons (Fsp3) is 0.600. The van der Waals surface area contributed by atoms with Gasteiger partial charge in [-0.2, -0.15) is 0 Å². The number of hydrogen-bond donors (Lipinski definition) is 0. The summed E-state index contributed by atoms with van der Waals surface area (Å²) in [6, 6.07) is 0. The molecule has 0 aliphatic heterocycles. The Bertz CT molecular complexity index is 179. The lowest BCUT2D eigenvalue weighted by molar-refractivity contribution is 0.396. The Labute approximate surface area is 60.8 Å². The molecule has 0 aromatic rings. The van der Waals surface area contributed by atoms with Gasteiger partial charge in [-0.05, 0) is 6.92 Å². The van der Waals surface area contributed by atoms with Crippen LogP contribution in [0.3, 0.4) is 0 Å². The Balaban J connectivity index is 3.53. The third-order valence-electron chi connectivity index (χ3n) is 0.614. The van der Waals surface area contributed by atoms with Crippen LogP contribution in [0.4, 0.5) is 0 Å². The fourth-order valence-electron chi connectivity index (χ4n) is 0.259. The van der Waals surface area contributed by atoms with Crippen molar-refractivity contribution < 1.29 is 8.39 Å². The van der Waals surface area contributed by atoms with Crippen LogP contribution in [-0.4, -0.2) is 17.1 Å². The fourth-order valence-corrected chi connectivity index (χ4v) is 0.752. The quantitative estimate of drug-likeness (QED) is 0.582. The minimum absolute atomic E-state index is 0.343. The first-order valence-corrected chi connectivity index (χ1v) is 5.33. The molecule has 4 heteroatoms. The molecule has 0 spiro atoms. The highest BCUT2D eigenvalue weighted by molar-refractivity contribution is 8.29. The molecular formula is C5H10O2S2. The molecule has 0 saturated heterocycles. The van der Waals surface area contributed by atoms with Crippen LogP contribution >= 0.6 is 0 Å². The van der Waals surface area contributed by atoms with E-state index in [9.17, 15) is 4.21 Å². The van der Waals surface area contributed by atoms with Crippen LogP contribution < -0.4 is 0 Å². The van der Waals surface area contributed by atoms with Gasteiger partial charge in [0.05, 0.1) is 6.61 Å². The van der Waals surface area contributed by atoms with E-state index < -0.39 is 8.77 Å². The number of hydrogen-bond acceptors (Lipinski definition) is 3. The van der Waals surface area contributed by atoms with Crippen LogP contribution in [0, 0.1) is 0 Å². The summed E-state index contributed by atoms with van der Waals surface area (Å²) in [5.74, 6) is 0. The van der Waals surface area contributed by atoms with Gasteiger partial charge in [-0.1, -0.05) is 12.2 Å². The van der Waals surface area contributed by atoms with Crippen molar-refractivity contribution in [3.05, 3.63) is 12.2 Å². The van der Waals surface area contributed by atoms with Crippen molar-refractivity contribution >= 4 is 20.0 Å². The molecule has 54 valence electrons. The minimum Gasteiger partial charge on any atom is -0.286 e. The summed E-state index contributed by atoms with van der Waals surface area (Å²) in [4.78, 5) is 0. The topological polar surface area (TPSA) is 26.3 Å². The second kappa shape index (κ2) is 3.98. The molecule has 0 N–H and O–H groups in total. The maximum atomic E-state index is 10.6. The Morgan fingerprint density at radius 1 is 1.78 bits per heavy atom. The average Bonchev–Trinajstić information content (AvgIpc) is 1.63. The van der Waals surface area contributed by atoms with Gasteiger partial charge in [-0.25, -0.2) is 4.21 Å². The Hall–Kier alpha value is 0.0700. The van der Waals surface area contributed by atoms with E-state index in [1.807, 2.05) is 13.0 Å². The molecule has 0 aromatic carbocycles. The zero-order valence-corrected chi connectivity index (χ0v) is 7.13. The van der Waals surface area contributed by atoms with Gasteiger partial charge < -0.3 is 0 Å². The van der Waals surface area contributed by atoms with Crippen LogP contribution in [0.2, 0.25) is 0 Å². The lowest BCUT2D eigenvalue weighted by Crippen LogP contribution is -2.00. The van der Waals surface area contributed by atoms with Crippen LogP contribution in [0.1, 0.15) is 6.92 Å². The summed E-state index contributed by atoms with van der Waals surface area (Å²) in [5.41, 5.74) is 0. The van der Waals surface area contributed by atoms with Crippen molar-refractivity contribution in [3.63, 3.8) is 0 Å². The van der Waals surface area contributed by atoms with E-state index in [2.05, 4.69) is 11.2 Å². The van der Waals surface area contributed by atoms with Gasteiger partial charge >= 0.3 is 0 Å². The summed E-state index contributed by atoms with van der Waals surface area (Å²) >= 11 is 4.47. The number of allylic oxidation sites excluding steroid dienone is 1. The molecule has 0 aromatic heterocycles. The molecule has 2 nitrogen and oxygen atoms in total. The third-order valence-corrected chi connectivity index (χ3v) is 1.47. The van der Waals surface area contributed by atoms with Gasteiger partial charge in [0.1, 0.15) is 8.77 Å². The lowest BCUT2D eigenvalue weighted by atomic mass is 10.6. The minimum atomic E-state index is -2.41. The predicted molar refractivity (Wildman–Crippen MR) is 42.2 cm³/mol. The van der Waals surface area contributed by atoms with Gasteiger partial charge in [-0.3, -0.25) is 4.18 Å². The maximum Gasteiger partial charge on any atom is 0.141 e. The molecule has 0 fully saturated rings. The molecule has 0 heterocycles. The molecule has 0 radical (unpaired) electrons. The van der Waals surface area contributed by atoms with E-state index in [-0.39, 0.29) is 0 Å². The predicted octanol–water partition coefficient (Wildman–Crippen LogP) is 0.870. The van der Waals surface area contributed by atoms with Crippen LogP contribution in [0.5, 0.6) is 0 Å². The third kappa shape index (κ3) is 8.07. The molecule has 0 aliphatic carbocycles. The van der Waals surface area contributed by atoms with E-state index in [0.717, 1.165) is 0 Å². The lowest BCUT2D eigenvalue weighted by Gasteiger charge is -1.96. The molecule has 1 atom stereocenters. The van der Waals surface area contributed by atoms with E-state index in [4.69, 9.17) is 4.18 Å². The molecular weight excluding hydrogens is 156 g/mol. The molecule has 0 aliphatic rings. The van der Waals surface area contributed by atoms with Gasteiger partial charge in [0, 0.05) is 17.4 Å². The summed E-state index contributed by atoms with van der Waals surface area (Å²) < 4.78 is 15.3. The van der Waals surface area contributed by atoms with E-state index >= 15 is 0 Å². The summed E-state index contributed by atoms with van der Waals surface area (Å²) in [6.07, 6.45) is 4.97. The standard InChI is InChI=1S/C5H10O2S2/c1-3-4-5-7-9(2,6)8/h3-4H,5H2,1-2H3. The van der Waals surface area contributed by atoms with E-state index in [1.165, 1.54) is 6.26 Å². The summed E-state index contributed by atoms with van der Waals surface area (Å²) in [7, 11) is -2.41. The molecule has 0 amide bonds. The molecule has 0 saturated carbocycles. The number of rotatable bonds is 3. The molecule has 0 rings (SSSR count). The second-order valence-corrected chi connectivity index (χ2v) is 5.02. The van der Waals surface area contributed by atoms with Crippen molar-refractivity contribution in [2.24, 2.45) is 0 Å². The average molecular weight is 166 g/mol. The second-order valence-electron chi connectivity index (χ2n) is 1.56. The maximum absolute atomic E-state index is 10.6. The van der Waals surface area contributed by atoms with Crippen molar-refractivity contribution in [2.75, 3.05) is 12.9 Å². The van der Waals surface area contributed by atoms with Crippen molar-refractivity contribution in [1.29, 1.82) is 0 Å². The SMILES string of the molecule is CC=CCOS(C)(=O)=S. The monoisotopic (exact) mass is 166 g/mol. The smallest absolute Gasteiger partial charge is 0.141 e. The highest BCUT2D eigenvalue weighted by Gasteiger charge is 1.91. The van der Waals surface area contributed by atoms with Crippen LogP contribution in [0.25, 0.3) is 0 Å². The Morgan fingerprint density at radius 3 is 2.67 bits per heavy atom. The van der Waals surface area contributed by atoms with Crippen LogP contribution in [0.15, 0.2) is 12.2 Å². The first-order chi connectivity index (χ1) is 4.06. The van der Waals surface area contributed by atoms with Gasteiger partial charge in [0.2, 0.25) is 0 Å². The highest BCUT2D eigenvalue weighted by Crippen LogP contribution is 1.86. The summed E-state index contributed by atoms with van der Waals surface area (Å²) in [5, 5.41) is 0. The van der Waals surface area contributed by atoms with E-state index in [1.54, 1.807) is 6.08 Å². The van der Waals surface area contributed by atoms with Crippen LogP contribution in [-0.2, 0) is 24.1 Å². The van der Waals surface area contributed by atoms with Crippen molar-refractivity contribution in [3.8, 4) is 0 Å². The first-order valence-electron chi connectivity index (χ1n) is 2.52. The Kier molecular flexibility index (Phi) is 4.01. The van der Waals surface area contributed by atoms with Crippen molar-refractivity contribution in [1.82, 2.24) is 0 Å². The zero-order valence-electron chi connectivity index (χ0n) is 5.49. The summed E-state index contributed by atoms with van der Waals surface area (Å²) in [6.45, 7) is 2.21. The highest BCUT2D eigenvalue weighted by atomic mass is 32.8. The van der Waals surface area contributed by atoms with E-state index in [0.29, 0.717) is 6.61 Å². The molecule has 0 bridgehead atoms. The van der Waals surface area contributed by atoms with Gasteiger partial charge in [-0.15, -0.1) is 0 Å². The Morgan fingerprint density at radius 2 is 2.33 bits per heavy atom. The largest absolute Gasteiger partial charge is 0.286 e. The van der Waals surface area contributed by atoms with Gasteiger partial charge in [0.25, 0.3) is 0 Å². The first kappa shape index (κ1) is 9.07. The van der Waals surface area contributed by atoms with Gasteiger partial charge in [0.15, 0.2) is 0 Å². The normalized spacial score (nSPS) is 18.0. The van der Waals surface area contributed by atoms with Crippen molar-refractivity contribution in [2.45, 2.75) is 6.92 Å². The molecule has 9 heavy (non-hydrogen) atoms. The molecule has 1 unspecified atom stereocenters. The zero-order chi connectivity index (χ0) is 7.33.